The number of aromatic nitrogens is 1. The van der Waals surface area contributed by atoms with E-state index >= 15 is 0 Å². The Labute approximate surface area is 181 Å². The minimum absolute atomic E-state index is 0.268. The van der Waals surface area contributed by atoms with Crippen LogP contribution in [-0.4, -0.2) is 15.7 Å². The van der Waals surface area contributed by atoms with E-state index in [0.717, 1.165) is 34.4 Å². The molecule has 3 aromatic rings. The molecule has 1 aliphatic heterocycles. The van der Waals surface area contributed by atoms with E-state index in [1.165, 1.54) is 10.5 Å². The summed E-state index contributed by atoms with van der Waals surface area (Å²) in [5, 5.41) is -0.268. The minimum atomic E-state index is -0.276. The van der Waals surface area contributed by atoms with E-state index in [-0.39, 0.29) is 11.1 Å². The first-order chi connectivity index (χ1) is 14.4. The Kier molecular flexibility index (Phi) is 5.39. The van der Waals surface area contributed by atoms with Crippen molar-refractivity contribution in [3.8, 4) is 5.69 Å². The second-order valence-electron chi connectivity index (χ2n) is 7.76. The van der Waals surface area contributed by atoms with Crippen LogP contribution in [0.3, 0.4) is 0 Å². The number of hydrogen-bond acceptors (Lipinski definition) is 3. The number of para-hydroxylation sites is 1. The first kappa shape index (κ1) is 20.2. The van der Waals surface area contributed by atoms with Gasteiger partial charge in [-0.2, -0.15) is 0 Å². The molecule has 0 N–H and O–H groups in total. The Hall–Kier alpha value is -3.05. The van der Waals surface area contributed by atoms with Gasteiger partial charge in [-0.25, -0.2) is 4.90 Å². The van der Waals surface area contributed by atoms with Crippen molar-refractivity contribution >= 4 is 34.7 Å². The average molecular weight is 417 g/mol. The summed E-state index contributed by atoms with van der Waals surface area (Å²) in [6.07, 6.45) is 1.83. The molecule has 0 saturated carbocycles. The van der Waals surface area contributed by atoms with Crippen molar-refractivity contribution in [2.24, 2.45) is 0 Å². The van der Waals surface area contributed by atoms with E-state index in [2.05, 4.69) is 55.7 Å². The summed E-state index contributed by atoms with van der Waals surface area (Å²) in [6, 6.07) is 19.7. The first-order valence-electron chi connectivity index (χ1n) is 9.99. The topological polar surface area (TPSA) is 42.3 Å². The van der Waals surface area contributed by atoms with Gasteiger partial charge in [0.1, 0.15) is 0 Å². The molecule has 1 aromatic heterocycles. The summed E-state index contributed by atoms with van der Waals surface area (Å²) in [7, 11) is 0. The lowest BCUT2D eigenvalue weighted by molar-refractivity contribution is -0.113. The Morgan fingerprint density at radius 3 is 2.20 bits per heavy atom. The number of carbonyl (C=O) groups is 2. The zero-order chi connectivity index (χ0) is 21.4. The summed E-state index contributed by atoms with van der Waals surface area (Å²) in [6.45, 7) is 8.45. The van der Waals surface area contributed by atoms with Crippen molar-refractivity contribution in [2.45, 2.75) is 33.6 Å². The van der Waals surface area contributed by atoms with Gasteiger partial charge in [0, 0.05) is 17.1 Å². The van der Waals surface area contributed by atoms with Crippen molar-refractivity contribution in [2.75, 3.05) is 4.90 Å². The predicted octanol–water partition coefficient (Wildman–Crippen LogP) is 6.46. The molecule has 2 aromatic carbocycles. The lowest BCUT2D eigenvalue weighted by Gasteiger charge is -2.12. The summed E-state index contributed by atoms with van der Waals surface area (Å²) < 4.78 is 2.18. The van der Waals surface area contributed by atoms with E-state index in [1.807, 2.05) is 31.2 Å². The molecule has 0 radical (unpaired) electrons. The van der Waals surface area contributed by atoms with Gasteiger partial charge >= 0.3 is 0 Å². The van der Waals surface area contributed by atoms with Crippen molar-refractivity contribution in [3.63, 3.8) is 0 Å². The van der Waals surface area contributed by atoms with Crippen LogP contribution in [0.4, 0.5) is 10.5 Å². The number of hydrogen-bond donors (Lipinski definition) is 0. The van der Waals surface area contributed by atoms with E-state index in [9.17, 15) is 9.59 Å². The zero-order valence-electron chi connectivity index (χ0n) is 17.5. The lowest BCUT2D eigenvalue weighted by atomic mass is 10.0. The quantitative estimate of drug-likeness (QED) is 0.459. The van der Waals surface area contributed by atoms with Gasteiger partial charge in [0.25, 0.3) is 11.1 Å². The van der Waals surface area contributed by atoms with Gasteiger partial charge < -0.3 is 4.57 Å². The maximum Gasteiger partial charge on any atom is 0.298 e. The smallest absolute Gasteiger partial charge is 0.298 e. The molecule has 0 aliphatic carbocycles. The number of rotatable bonds is 4. The fraction of sp³-hybridized carbons (Fsp3) is 0.200. The van der Waals surface area contributed by atoms with Gasteiger partial charge in [0.05, 0.1) is 10.6 Å². The summed E-state index contributed by atoms with van der Waals surface area (Å²) in [4.78, 5) is 27.1. The maximum absolute atomic E-state index is 12.9. The van der Waals surface area contributed by atoms with Crippen molar-refractivity contribution in [1.29, 1.82) is 0 Å². The molecular formula is C25H24N2O2S. The Morgan fingerprint density at radius 1 is 0.900 bits per heavy atom. The highest BCUT2D eigenvalue weighted by molar-refractivity contribution is 8.19. The summed E-state index contributed by atoms with van der Waals surface area (Å²) >= 11 is 0.986. The Bertz CT molecular complexity index is 1140. The molecule has 4 nitrogen and oxygen atoms in total. The monoisotopic (exact) mass is 416 g/mol. The molecule has 2 amide bonds. The van der Waals surface area contributed by atoms with Crippen LogP contribution in [0.15, 0.2) is 65.6 Å². The summed E-state index contributed by atoms with van der Waals surface area (Å²) in [5.41, 5.74) is 6.05. The van der Waals surface area contributed by atoms with E-state index in [1.54, 1.807) is 12.1 Å². The van der Waals surface area contributed by atoms with Crippen molar-refractivity contribution in [3.05, 3.63) is 88.1 Å². The number of nitrogens with zero attached hydrogens (tertiary/aromatic N) is 2. The number of amides is 2. The van der Waals surface area contributed by atoms with E-state index < -0.39 is 0 Å². The molecule has 0 unspecified atom stereocenters. The largest absolute Gasteiger partial charge is 0.318 e. The van der Waals surface area contributed by atoms with Gasteiger partial charge in [-0.3, -0.25) is 9.59 Å². The van der Waals surface area contributed by atoms with Crippen LogP contribution >= 0.6 is 11.8 Å². The molecule has 152 valence electrons. The van der Waals surface area contributed by atoms with Crippen LogP contribution in [0.1, 0.15) is 42.3 Å². The predicted molar refractivity (Wildman–Crippen MR) is 124 cm³/mol. The Balaban J connectivity index is 1.67. The SMILES string of the molecule is Cc1cc(C=C2SC(=O)N(c3ccccc3)C2=O)c(C)n1-c1ccc(C(C)C)cc1. The van der Waals surface area contributed by atoms with Crippen LogP contribution in [0, 0.1) is 13.8 Å². The highest BCUT2D eigenvalue weighted by Crippen LogP contribution is 2.36. The van der Waals surface area contributed by atoms with Crippen LogP contribution in [0.25, 0.3) is 11.8 Å². The molecule has 1 saturated heterocycles. The molecule has 0 spiro atoms. The fourth-order valence-corrected chi connectivity index (χ4v) is 4.58. The van der Waals surface area contributed by atoms with Crippen LogP contribution in [0.5, 0.6) is 0 Å². The second kappa shape index (κ2) is 8.00. The number of benzene rings is 2. The Morgan fingerprint density at radius 2 is 1.57 bits per heavy atom. The average Bonchev–Trinajstić information content (AvgIpc) is 3.17. The molecule has 1 fully saturated rings. The standard InChI is InChI=1S/C25H24N2O2S/c1-16(2)19-10-12-22(13-11-19)26-17(3)14-20(18(26)4)15-23-24(28)27(25(29)30-23)21-8-6-5-7-9-21/h5-16H,1-4H3. The molecule has 4 rings (SSSR count). The third-order valence-electron chi connectivity index (χ3n) is 5.38. The van der Waals surface area contributed by atoms with E-state index in [0.29, 0.717) is 16.5 Å². The normalized spacial score (nSPS) is 15.6. The van der Waals surface area contributed by atoms with Gasteiger partial charge in [-0.15, -0.1) is 0 Å². The summed E-state index contributed by atoms with van der Waals surface area (Å²) in [5.74, 6) is 0.212. The van der Waals surface area contributed by atoms with Gasteiger partial charge in [-0.05, 0) is 79.1 Å². The first-order valence-corrected chi connectivity index (χ1v) is 10.8. The van der Waals surface area contributed by atoms with Crippen LogP contribution < -0.4 is 4.90 Å². The van der Waals surface area contributed by atoms with Gasteiger partial charge in [0.15, 0.2) is 0 Å². The zero-order valence-corrected chi connectivity index (χ0v) is 18.4. The minimum Gasteiger partial charge on any atom is -0.318 e. The number of carbonyl (C=O) groups excluding carboxylic acids is 2. The number of anilines is 1. The molecule has 0 atom stereocenters. The second-order valence-corrected chi connectivity index (χ2v) is 8.75. The number of thioether (sulfide) groups is 1. The highest BCUT2D eigenvalue weighted by atomic mass is 32.2. The van der Waals surface area contributed by atoms with Gasteiger partial charge in [-0.1, -0.05) is 44.2 Å². The maximum atomic E-state index is 12.9. The van der Waals surface area contributed by atoms with Crippen molar-refractivity contribution in [1.82, 2.24) is 4.57 Å². The molecular weight excluding hydrogens is 392 g/mol. The van der Waals surface area contributed by atoms with E-state index in [4.69, 9.17) is 0 Å². The molecule has 2 heterocycles. The fourth-order valence-electron chi connectivity index (χ4n) is 3.75. The van der Waals surface area contributed by atoms with Gasteiger partial charge in [0.2, 0.25) is 0 Å². The van der Waals surface area contributed by atoms with Crippen molar-refractivity contribution < 1.29 is 9.59 Å². The molecule has 30 heavy (non-hydrogen) atoms. The van der Waals surface area contributed by atoms with Crippen LogP contribution in [-0.2, 0) is 4.79 Å². The highest BCUT2D eigenvalue weighted by Gasteiger charge is 2.36. The number of aryl methyl sites for hydroxylation is 1. The molecule has 5 heteroatoms. The third kappa shape index (κ3) is 3.61. The molecule has 0 bridgehead atoms. The van der Waals surface area contributed by atoms with Crippen LogP contribution in [0.2, 0.25) is 0 Å². The number of imide groups is 1. The molecule has 1 aliphatic rings. The third-order valence-corrected chi connectivity index (χ3v) is 6.25. The lowest BCUT2D eigenvalue weighted by Crippen LogP contribution is -2.27.